The fourth-order valence-corrected chi connectivity index (χ4v) is 4.21. The molecule has 1 aliphatic rings. The highest BCUT2D eigenvalue weighted by Gasteiger charge is 2.25. The van der Waals surface area contributed by atoms with Crippen molar-refractivity contribution in [2.75, 3.05) is 18.1 Å². The zero-order valence-corrected chi connectivity index (χ0v) is 16.4. The minimum Gasteiger partial charge on any atom is -0.376 e. The number of rotatable bonds is 6. The molecule has 0 N–H and O–H groups in total. The van der Waals surface area contributed by atoms with Gasteiger partial charge in [-0.05, 0) is 36.6 Å². The van der Waals surface area contributed by atoms with E-state index in [9.17, 15) is 14.9 Å². The zero-order valence-electron chi connectivity index (χ0n) is 15.6. The number of carbonyl (C=O) groups is 1. The molecule has 1 aromatic heterocycles. The molecule has 0 bridgehead atoms. The van der Waals surface area contributed by atoms with Crippen molar-refractivity contribution in [1.82, 2.24) is 4.98 Å². The number of nitro groups is 1. The van der Waals surface area contributed by atoms with Crippen LogP contribution in [0.3, 0.4) is 0 Å². The first-order valence-corrected chi connectivity index (χ1v) is 10.1. The summed E-state index contributed by atoms with van der Waals surface area (Å²) in [4.78, 5) is 29.8. The number of non-ortho nitro benzene ring substituents is 1. The number of para-hydroxylation sites is 1. The van der Waals surface area contributed by atoms with Crippen LogP contribution >= 0.6 is 11.3 Å². The second-order valence-corrected chi connectivity index (χ2v) is 7.74. The molecule has 0 radical (unpaired) electrons. The van der Waals surface area contributed by atoms with Crippen LogP contribution in [0.5, 0.6) is 0 Å². The van der Waals surface area contributed by atoms with Crippen LogP contribution < -0.4 is 4.90 Å². The van der Waals surface area contributed by atoms with Crippen LogP contribution in [0.2, 0.25) is 0 Å². The van der Waals surface area contributed by atoms with E-state index in [1.54, 1.807) is 23.1 Å². The summed E-state index contributed by atoms with van der Waals surface area (Å²) in [5, 5.41) is 11.6. The monoisotopic (exact) mass is 409 g/mol. The van der Waals surface area contributed by atoms with Gasteiger partial charge >= 0.3 is 0 Å². The molecule has 2 aromatic carbocycles. The predicted octanol–water partition coefficient (Wildman–Crippen LogP) is 4.43. The Morgan fingerprint density at radius 1 is 1.31 bits per heavy atom. The number of amides is 1. The Balaban J connectivity index is 1.60. The second kappa shape index (κ2) is 8.50. The maximum atomic E-state index is 13.0. The number of aromatic nitrogens is 1. The van der Waals surface area contributed by atoms with E-state index >= 15 is 0 Å². The molecule has 0 unspecified atom stereocenters. The lowest BCUT2D eigenvalue weighted by molar-refractivity contribution is -0.384. The molecule has 4 rings (SSSR count). The summed E-state index contributed by atoms with van der Waals surface area (Å²) in [7, 11) is 0. The SMILES string of the molecule is O=C(/C=C/c1cccc([N+](=O)[O-])c1)N(C[C@H]1CCCO1)c1nc2ccccc2s1. The first-order chi connectivity index (χ1) is 14.1. The van der Waals surface area contributed by atoms with Crippen molar-refractivity contribution < 1.29 is 14.5 Å². The normalized spacial score (nSPS) is 16.5. The Hall–Kier alpha value is -3.10. The molecule has 1 aliphatic heterocycles. The maximum Gasteiger partial charge on any atom is 0.270 e. The summed E-state index contributed by atoms with van der Waals surface area (Å²) in [5.41, 5.74) is 1.43. The molecule has 1 fully saturated rings. The van der Waals surface area contributed by atoms with Gasteiger partial charge in [0.25, 0.3) is 11.6 Å². The van der Waals surface area contributed by atoms with E-state index < -0.39 is 4.92 Å². The van der Waals surface area contributed by atoms with Gasteiger partial charge < -0.3 is 4.74 Å². The summed E-state index contributed by atoms with van der Waals surface area (Å²) < 4.78 is 6.73. The van der Waals surface area contributed by atoms with Gasteiger partial charge in [0.2, 0.25) is 0 Å². The van der Waals surface area contributed by atoms with E-state index in [0.29, 0.717) is 23.8 Å². The highest BCUT2D eigenvalue weighted by atomic mass is 32.1. The van der Waals surface area contributed by atoms with Crippen molar-refractivity contribution in [3.05, 3.63) is 70.3 Å². The van der Waals surface area contributed by atoms with Crippen molar-refractivity contribution in [3.8, 4) is 0 Å². The quantitative estimate of drug-likeness (QED) is 0.342. The number of benzene rings is 2. The molecular weight excluding hydrogens is 390 g/mol. The Labute approximate surface area is 171 Å². The molecule has 1 atom stereocenters. The van der Waals surface area contributed by atoms with E-state index in [1.807, 2.05) is 24.3 Å². The summed E-state index contributed by atoms with van der Waals surface area (Å²) in [5.74, 6) is -0.230. The number of nitro benzene ring substituents is 1. The van der Waals surface area contributed by atoms with E-state index in [4.69, 9.17) is 4.74 Å². The van der Waals surface area contributed by atoms with Crippen molar-refractivity contribution in [1.29, 1.82) is 0 Å². The van der Waals surface area contributed by atoms with E-state index in [0.717, 1.165) is 23.1 Å². The predicted molar refractivity (Wildman–Crippen MR) is 113 cm³/mol. The lowest BCUT2D eigenvalue weighted by Gasteiger charge is -2.21. The van der Waals surface area contributed by atoms with Gasteiger partial charge in [0.05, 0.1) is 27.8 Å². The van der Waals surface area contributed by atoms with Gasteiger partial charge in [0, 0.05) is 24.8 Å². The molecule has 0 aliphatic carbocycles. The number of anilines is 1. The lowest BCUT2D eigenvalue weighted by Crippen LogP contribution is -2.36. The standard InChI is InChI=1S/C21H19N3O4S/c25-20(11-10-15-5-3-6-16(13-15)24(26)27)23(14-17-7-4-12-28-17)21-22-18-8-1-2-9-19(18)29-21/h1-3,5-6,8-11,13,17H,4,7,12,14H2/b11-10+/t17-/m1/s1. The fraction of sp³-hybridized carbons (Fsp3) is 0.238. The largest absolute Gasteiger partial charge is 0.376 e. The Morgan fingerprint density at radius 2 is 2.17 bits per heavy atom. The van der Waals surface area contributed by atoms with Crippen LogP contribution in [0, 0.1) is 10.1 Å². The lowest BCUT2D eigenvalue weighted by atomic mass is 10.2. The number of fused-ring (bicyclic) bond motifs is 1. The van der Waals surface area contributed by atoms with Crippen molar-refractivity contribution in [2.24, 2.45) is 0 Å². The van der Waals surface area contributed by atoms with Gasteiger partial charge in [-0.25, -0.2) is 4.98 Å². The molecule has 0 saturated carbocycles. The minimum absolute atomic E-state index is 0.0121. The number of hydrogen-bond donors (Lipinski definition) is 0. The molecule has 8 heteroatoms. The smallest absolute Gasteiger partial charge is 0.270 e. The summed E-state index contributed by atoms with van der Waals surface area (Å²) in [6.45, 7) is 1.13. The summed E-state index contributed by atoms with van der Waals surface area (Å²) in [6.07, 6.45) is 4.89. The van der Waals surface area contributed by atoms with E-state index in [-0.39, 0.29) is 17.7 Å². The summed E-state index contributed by atoms with van der Waals surface area (Å²) in [6, 6.07) is 13.9. The molecule has 1 amide bonds. The Kier molecular flexibility index (Phi) is 5.64. The Morgan fingerprint density at radius 3 is 2.93 bits per heavy atom. The highest BCUT2D eigenvalue weighted by Crippen LogP contribution is 2.30. The van der Waals surface area contributed by atoms with Crippen molar-refractivity contribution >= 4 is 44.4 Å². The van der Waals surface area contributed by atoms with Gasteiger partial charge in [0.1, 0.15) is 0 Å². The van der Waals surface area contributed by atoms with Crippen LogP contribution in [0.1, 0.15) is 18.4 Å². The highest BCUT2D eigenvalue weighted by molar-refractivity contribution is 7.22. The third-order valence-electron chi connectivity index (χ3n) is 4.69. The van der Waals surface area contributed by atoms with Crippen LogP contribution in [0.25, 0.3) is 16.3 Å². The maximum absolute atomic E-state index is 13.0. The second-order valence-electron chi connectivity index (χ2n) is 6.73. The third kappa shape index (κ3) is 4.49. The number of nitrogens with zero attached hydrogens (tertiary/aromatic N) is 3. The minimum atomic E-state index is -0.454. The average molecular weight is 409 g/mol. The molecule has 148 valence electrons. The van der Waals surface area contributed by atoms with Gasteiger partial charge in [-0.1, -0.05) is 35.6 Å². The van der Waals surface area contributed by atoms with Gasteiger partial charge in [-0.3, -0.25) is 19.8 Å². The Bertz CT molecular complexity index is 1040. The van der Waals surface area contributed by atoms with Crippen LogP contribution in [0.15, 0.2) is 54.6 Å². The first kappa shape index (κ1) is 19.2. The van der Waals surface area contributed by atoms with Crippen LogP contribution in [-0.2, 0) is 9.53 Å². The average Bonchev–Trinajstić information content (AvgIpc) is 3.39. The van der Waals surface area contributed by atoms with Crippen molar-refractivity contribution in [2.45, 2.75) is 18.9 Å². The van der Waals surface area contributed by atoms with Crippen LogP contribution in [-0.4, -0.2) is 35.1 Å². The van der Waals surface area contributed by atoms with E-state index in [2.05, 4.69) is 4.98 Å². The molecule has 1 saturated heterocycles. The summed E-state index contributed by atoms with van der Waals surface area (Å²) >= 11 is 1.46. The number of hydrogen-bond acceptors (Lipinski definition) is 6. The fourth-order valence-electron chi connectivity index (χ4n) is 3.23. The van der Waals surface area contributed by atoms with Gasteiger partial charge in [-0.2, -0.15) is 0 Å². The molecular formula is C21H19N3O4S. The van der Waals surface area contributed by atoms with Crippen LogP contribution in [0.4, 0.5) is 10.8 Å². The molecule has 2 heterocycles. The van der Waals surface area contributed by atoms with E-state index in [1.165, 1.54) is 29.5 Å². The van der Waals surface area contributed by atoms with Crippen molar-refractivity contribution in [3.63, 3.8) is 0 Å². The number of ether oxygens (including phenoxy) is 1. The molecule has 0 spiro atoms. The zero-order chi connectivity index (χ0) is 20.2. The molecule has 3 aromatic rings. The molecule has 7 nitrogen and oxygen atoms in total. The van der Waals surface area contributed by atoms with Gasteiger partial charge in [-0.15, -0.1) is 0 Å². The topological polar surface area (TPSA) is 85.6 Å². The molecule has 29 heavy (non-hydrogen) atoms. The first-order valence-electron chi connectivity index (χ1n) is 9.31. The van der Waals surface area contributed by atoms with Gasteiger partial charge in [0.15, 0.2) is 5.13 Å². The third-order valence-corrected chi connectivity index (χ3v) is 5.75. The number of carbonyl (C=O) groups excluding carboxylic acids is 1. The number of thiazole rings is 1.